The molecule has 2 aromatic rings. The largest absolute Gasteiger partial charge is 0.419 e. The number of nitrogens with one attached hydrogen (secondary N) is 1. The van der Waals surface area contributed by atoms with Gasteiger partial charge < -0.3 is 14.8 Å². The second-order valence-corrected chi connectivity index (χ2v) is 7.33. The Kier molecular flexibility index (Phi) is 5.04. The highest BCUT2D eigenvalue weighted by Crippen LogP contribution is 2.34. The van der Waals surface area contributed by atoms with Gasteiger partial charge in [-0.2, -0.15) is 0 Å². The van der Waals surface area contributed by atoms with E-state index in [1.165, 1.54) is 13.8 Å². The number of allylic oxidation sites excluding steroid dienone is 1. The van der Waals surface area contributed by atoms with Crippen molar-refractivity contribution in [2.24, 2.45) is 0 Å². The molecule has 0 radical (unpaired) electrons. The van der Waals surface area contributed by atoms with Crippen LogP contribution in [0.4, 0.5) is 5.69 Å². The molecule has 0 spiro atoms. The molecular formula is C20H19NO4S. The smallest absolute Gasteiger partial charge is 0.350 e. The fourth-order valence-corrected chi connectivity index (χ4v) is 3.42. The molecule has 0 bridgehead atoms. The number of carbonyl (C=O) groups is 2. The van der Waals surface area contributed by atoms with Crippen LogP contribution in [0, 0.1) is 0 Å². The van der Waals surface area contributed by atoms with Crippen molar-refractivity contribution in [1.82, 2.24) is 0 Å². The van der Waals surface area contributed by atoms with Gasteiger partial charge in [0.05, 0.1) is 5.69 Å². The Bertz CT molecular complexity index is 852. The molecule has 6 heteroatoms. The summed E-state index contributed by atoms with van der Waals surface area (Å²) in [6.45, 7) is 4.70. The topological polar surface area (TPSA) is 64.6 Å². The van der Waals surface area contributed by atoms with Gasteiger partial charge in [-0.15, -0.1) is 0 Å². The van der Waals surface area contributed by atoms with Crippen molar-refractivity contribution in [2.75, 3.05) is 5.32 Å². The highest BCUT2D eigenvalue weighted by Gasteiger charge is 2.40. The van der Waals surface area contributed by atoms with E-state index in [4.69, 9.17) is 9.47 Å². The van der Waals surface area contributed by atoms with Gasteiger partial charge in [-0.25, -0.2) is 9.59 Å². The number of ether oxygens (including phenoxy) is 2. The molecule has 1 aliphatic rings. The van der Waals surface area contributed by atoms with Crippen molar-refractivity contribution in [3.8, 4) is 0 Å². The molecule has 0 unspecified atom stereocenters. The van der Waals surface area contributed by atoms with Crippen LogP contribution in [0.5, 0.6) is 0 Å². The lowest BCUT2D eigenvalue weighted by Gasteiger charge is -2.30. The third kappa shape index (κ3) is 4.08. The highest BCUT2D eigenvalue weighted by atomic mass is 32.2. The first-order chi connectivity index (χ1) is 12.4. The molecule has 5 nitrogen and oxygen atoms in total. The van der Waals surface area contributed by atoms with Gasteiger partial charge in [0.15, 0.2) is 5.57 Å². The normalized spacial score (nSPS) is 15.9. The molecule has 26 heavy (non-hydrogen) atoms. The van der Waals surface area contributed by atoms with Crippen LogP contribution in [0.25, 0.3) is 0 Å². The lowest BCUT2D eigenvalue weighted by atomic mass is 10.1. The summed E-state index contributed by atoms with van der Waals surface area (Å²) < 4.78 is 10.3. The minimum atomic E-state index is -1.25. The first kappa shape index (κ1) is 18.1. The van der Waals surface area contributed by atoms with Gasteiger partial charge in [0, 0.05) is 29.3 Å². The zero-order valence-corrected chi connectivity index (χ0v) is 15.6. The summed E-state index contributed by atoms with van der Waals surface area (Å²) in [5.74, 6) is -2.63. The predicted octanol–water partition coefficient (Wildman–Crippen LogP) is 4.36. The van der Waals surface area contributed by atoms with E-state index in [0.717, 1.165) is 15.5 Å². The Morgan fingerprint density at radius 3 is 2.15 bits per heavy atom. The molecule has 1 aliphatic heterocycles. The minimum Gasteiger partial charge on any atom is -0.419 e. The molecule has 1 N–H and O–H groups in total. The minimum absolute atomic E-state index is 0.121. The molecule has 1 heterocycles. The summed E-state index contributed by atoms with van der Waals surface area (Å²) in [5, 5.41) is 3.15. The van der Waals surface area contributed by atoms with Gasteiger partial charge >= 0.3 is 11.9 Å². The molecule has 0 saturated carbocycles. The fraction of sp³-hybridized carbons (Fsp3) is 0.200. The van der Waals surface area contributed by atoms with E-state index < -0.39 is 17.7 Å². The van der Waals surface area contributed by atoms with Crippen molar-refractivity contribution in [3.05, 3.63) is 65.9 Å². The standard InChI is InChI=1S/C20H19NO4S/c1-13(17-18(22)24-20(2,3)25-19(17)23)21-15-11-7-8-12-16(15)26-14-9-5-4-6-10-14/h4-12,21H,1-3H3. The highest BCUT2D eigenvalue weighted by molar-refractivity contribution is 7.99. The van der Waals surface area contributed by atoms with Crippen molar-refractivity contribution in [3.63, 3.8) is 0 Å². The van der Waals surface area contributed by atoms with Crippen LogP contribution in [-0.2, 0) is 19.1 Å². The summed E-state index contributed by atoms with van der Waals surface area (Å²) in [4.78, 5) is 26.5. The first-order valence-electron chi connectivity index (χ1n) is 8.12. The Hall–Kier alpha value is -2.73. The van der Waals surface area contributed by atoms with Gasteiger partial charge in [-0.1, -0.05) is 42.1 Å². The van der Waals surface area contributed by atoms with Gasteiger partial charge in [-0.05, 0) is 31.2 Å². The molecule has 0 aromatic heterocycles. The second kappa shape index (κ2) is 7.25. The molecule has 2 aromatic carbocycles. The maximum atomic E-state index is 12.2. The lowest BCUT2D eigenvalue weighted by Crippen LogP contribution is -2.42. The van der Waals surface area contributed by atoms with Crippen LogP contribution >= 0.6 is 11.8 Å². The Balaban J connectivity index is 1.87. The van der Waals surface area contributed by atoms with E-state index >= 15 is 0 Å². The molecule has 134 valence electrons. The van der Waals surface area contributed by atoms with Crippen LogP contribution in [-0.4, -0.2) is 17.7 Å². The van der Waals surface area contributed by atoms with Crippen LogP contribution in [0.2, 0.25) is 0 Å². The van der Waals surface area contributed by atoms with Crippen molar-refractivity contribution >= 4 is 29.4 Å². The SMILES string of the molecule is CC(Nc1ccccc1Sc1ccccc1)=C1C(=O)OC(C)(C)OC1=O. The van der Waals surface area contributed by atoms with E-state index in [0.29, 0.717) is 5.70 Å². The summed E-state index contributed by atoms with van der Waals surface area (Å²) in [5.41, 5.74) is 1.05. The molecule has 0 amide bonds. The van der Waals surface area contributed by atoms with Gasteiger partial charge in [0.25, 0.3) is 5.79 Å². The average molecular weight is 369 g/mol. The Morgan fingerprint density at radius 1 is 0.923 bits per heavy atom. The van der Waals surface area contributed by atoms with Crippen LogP contribution < -0.4 is 5.32 Å². The monoisotopic (exact) mass is 369 g/mol. The number of para-hydroxylation sites is 1. The number of esters is 2. The van der Waals surface area contributed by atoms with Gasteiger partial charge in [0.2, 0.25) is 0 Å². The number of rotatable bonds is 4. The summed E-state index contributed by atoms with van der Waals surface area (Å²) in [6, 6.07) is 17.6. The maximum absolute atomic E-state index is 12.2. The molecule has 0 atom stereocenters. The van der Waals surface area contributed by atoms with E-state index in [9.17, 15) is 9.59 Å². The number of hydrogen-bond donors (Lipinski definition) is 1. The van der Waals surface area contributed by atoms with Crippen molar-refractivity contribution in [2.45, 2.75) is 36.3 Å². The van der Waals surface area contributed by atoms with Crippen molar-refractivity contribution < 1.29 is 19.1 Å². The molecule has 0 aliphatic carbocycles. The van der Waals surface area contributed by atoms with E-state index in [1.54, 1.807) is 18.7 Å². The average Bonchev–Trinajstić information content (AvgIpc) is 2.55. The number of carbonyl (C=O) groups excluding carboxylic acids is 2. The van der Waals surface area contributed by atoms with Crippen LogP contribution in [0.15, 0.2) is 75.7 Å². The third-order valence-electron chi connectivity index (χ3n) is 3.64. The number of hydrogen-bond acceptors (Lipinski definition) is 6. The maximum Gasteiger partial charge on any atom is 0.350 e. The number of cyclic esters (lactones) is 2. The van der Waals surface area contributed by atoms with Gasteiger partial charge in [-0.3, -0.25) is 0 Å². The van der Waals surface area contributed by atoms with Gasteiger partial charge in [0.1, 0.15) is 0 Å². The summed E-state index contributed by atoms with van der Waals surface area (Å²) >= 11 is 1.59. The lowest BCUT2D eigenvalue weighted by molar-refractivity contribution is -0.222. The van der Waals surface area contributed by atoms with Crippen molar-refractivity contribution in [1.29, 1.82) is 0 Å². The Morgan fingerprint density at radius 2 is 1.50 bits per heavy atom. The second-order valence-electron chi connectivity index (χ2n) is 6.22. The number of anilines is 1. The summed E-state index contributed by atoms with van der Waals surface area (Å²) in [7, 11) is 0. The Labute approximate surface area is 156 Å². The van der Waals surface area contributed by atoms with E-state index in [1.807, 2.05) is 54.6 Å². The fourth-order valence-electron chi connectivity index (χ4n) is 2.50. The summed E-state index contributed by atoms with van der Waals surface area (Å²) in [6.07, 6.45) is 0. The third-order valence-corrected chi connectivity index (χ3v) is 4.72. The predicted molar refractivity (Wildman–Crippen MR) is 99.6 cm³/mol. The quantitative estimate of drug-likeness (QED) is 0.491. The van der Waals surface area contributed by atoms with Crippen LogP contribution in [0.1, 0.15) is 20.8 Å². The van der Waals surface area contributed by atoms with Crippen LogP contribution in [0.3, 0.4) is 0 Å². The zero-order valence-electron chi connectivity index (χ0n) is 14.7. The van der Waals surface area contributed by atoms with E-state index in [-0.39, 0.29) is 5.57 Å². The molecule has 1 fully saturated rings. The molecule has 1 saturated heterocycles. The van der Waals surface area contributed by atoms with E-state index in [2.05, 4.69) is 5.32 Å². The molecule has 3 rings (SSSR count). The number of benzene rings is 2. The first-order valence-corrected chi connectivity index (χ1v) is 8.94. The molecular weight excluding hydrogens is 350 g/mol. The zero-order chi connectivity index (χ0) is 18.7.